The Balaban J connectivity index is 1.27. The number of para-hydroxylation sites is 1. The van der Waals surface area contributed by atoms with Crippen LogP contribution in [0.4, 0.5) is 11.4 Å². The first-order valence-corrected chi connectivity index (χ1v) is 11.0. The number of pyridine rings is 1. The van der Waals surface area contributed by atoms with Gasteiger partial charge in [0.25, 0.3) is 5.91 Å². The molecule has 1 aliphatic rings. The molecule has 0 radical (unpaired) electrons. The highest BCUT2D eigenvalue weighted by molar-refractivity contribution is 5.96. The van der Waals surface area contributed by atoms with Gasteiger partial charge in [-0.2, -0.15) is 0 Å². The molecule has 0 bridgehead atoms. The van der Waals surface area contributed by atoms with Gasteiger partial charge < -0.3 is 15.0 Å². The monoisotopic (exact) mass is 429 g/mol. The summed E-state index contributed by atoms with van der Waals surface area (Å²) in [7, 11) is 0. The van der Waals surface area contributed by atoms with E-state index >= 15 is 0 Å². The van der Waals surface area contributed by atoms with Crippen molar-refractivity contribution in [2.45, 2.75) is 25.7 Å². The van der Waals surface area contributed by atoms with Crippen LogP contribution in [0.5, 0.6) is 0 Å². The van der Waals surface area contributed by atoms with E-state index in [2.05, 4.69) is 15.2 Å². The number of esters is 1. The highest BCUT2D eigenvalue weighted by Gasteiger charge is 2.11. The predicted octanol–water partition coefficient (Wildman–Crippen LogP) is 4.81. The summed E-state index contributed by atoms with van der Waals surface area (Å²) in [5, 5.41) is 3.76. The number of rotatable bonds is 6. The number of fused-ring (bicyclic) bond motifs is 1. The Hall–Kier alpha value is -3.67. The number of carbonyl (C=O) groups excluding carboxylic acids is 2. The molecule has 1 N–H and O–H groups in total. The van der Waals surface area contributed by atoms with Gasteiger partial charge in [0.2, 0.25) is 0 Å². The minimum absolute atomic E-state index is 0.342. The first kappa shape index (κ1) is 21.6. The van der Waals surface area contributed by atoms with Gasteiger partial charge in [0.1, 0.15) is 0 Å². The number of anilines is 2. The first-order valence-electron chi connectivity index (χ1n) is 11.0. The van der Waals surface area contributed by atoms with Crippen molar-refractivity contribution in [3.63, 3.8) is 0 Å². The number of nitrogens with one attached hydrogen (secondary N) is 1. The van der Waals surface area contributed by atoms with Gasteiger partial charge in [-0.3, -0.25) is 9.78 Å². The third kappa shape index (κ3) is 5.72. The lowest BCUT2D eigenvalue weighted by atomic mass is 10.1. The van der Waals surface area contributed by atoms with Crippen molar-refractivity contribution in [1.29, 1.82) is 0 Å². The quantitative estimate of drug-likeness (QED) is 0.450. The van der Waals surface area contributed by atoms with Crippen LogP contribution in [0.2, 0.25) is 0 Å². The maximum absolute atomic E-state index is 12.2. The maximum Gasteiger partial charge on any atom is 0.331 e. The van der Waals surface area contributed by atoms with E-state index in [1.54, 1.807) is 12.3 Å². The number of hydrogen-bond acceptors (Lipinski definition) is 5. The third-order valence-corrected chi connectivity index (χ3v) is 5.53. The molecule has 2 heterocycles. The highest BCUT2D eigenvalue weighted by atomic mass is 16.5. The second kappa shape index (κ2) is 10.6. The van der Waals surface area contributed by atoms with E-state index in [-0.39, 0.29) is 12.5 Å². The fourth-order valence-electron chi connectivity index (χ4n) is 3.89. The summed E-state index contributed by atoms with van der Waals surface area (Å²) in [6, 6.07) is 17.4. The molecule has 0 unspecified atom stereocenters. The zero-order chi connectivity index (χ0) is 22.2. The molecular formula is C26H27N3O3. The van der Waals surface area contributed by atoms with Crippen LogP contribution in [0.3, 0.4) is 0 Å². The Labute approximate surface area is 187 Å². The van der Waals surface area contributed by atoms with Gasteiger partial charge in [-0.1, -0.05) is 37.1 Å². The molecule has 0 spiro atoms. The summed E-state index contributed by atoms with van der Waals surface area (Å²) < 4.78 is 5.08. The van der Waals surface area contributed by atoms with Gasteiger partial charge in [-0.25, -0.2) is 4.79 Å². The number of ether oxygens (including phenoxy) is 1. The van der Waals surface area contributed by atoms with Gasteiger partial charge in [0, 0.05) is 47.7 Å². The average molecular weight is 430 g/mol. The highest BCUT2D eigenvalue weighted by Crippen LogP contribution is 2.21. The van der Waals surface area contributed by atoms with E-state index in [4.69, 9.17) is 4.74 Å². The van der Waals surface area contributed by atoms with Crippen LogP contribution in [0.15, 0.2) is 66.9 Å². The minimum atomic E-state index is -0.579. The van der Waals surface area contributed by atoms with Crippen molar-refractivity contribution >= 4 is 40.2 Å². The third-order valence-electron chi connectivity index (χ3n) is 5.53. The summed E-state index contributed by atoms with van der Waals surface area (Å²) in [6.45, 7) is 1.80. The lowest BCUT2D eigenvalue weighted by molar-refractivity contribution is -0.142. The van der Waals surface area contributed by atoms with E-state index in [0.29, 0.717) is 5.69 Å². The Morgan fingerprint density at radius 1 is 0.969 bits per heavy atom. The Morgan fingerprint density at radius 3 is 2.50 bits per heavy atom. The van der Waals surface area contributed by atoms with Crippen LogP contribution < -0.4 is 10.2 Å². The number of benzene rings is 2. The van der Waals surface area contributed by atoms with E-state index < -0.39 is 5.97 Å². The molecule has 1 aromatic heterocycles. The van der Waals surface area contributed by atoms with Crippen molar-refractivity contribution in [3.8, 4) is 0 Å². The van der Waals surface area contributed by atoms with E-state index in [0.717, 1.165) is 29.6 Å². The summed E-state index contributed by atoms with van der Waals surface area (Å²) in [5.41, 5.74) is 3.47. The van der Waals surface area contributed by atoms with Gasteiger partial charge in [-0.15, -0.1) is 0 Å². The zero-order valence-electron chi connectivity index (χ0n) is 18.0. The van der Waals surface area contributed by atoms with Gasteiger partial charge in [-0.05, 0) is 49.2 Å². The fraction of sp³-hybridized carbons (Fsp3) is 0.269. The van der Waals surface area contributed by atoms with E-state index in [9.17, 15) is 9.59 Å². The molecule has 1 fully saturated rings. The SMILES string of the molecule is O=C(COC(=O)/C=C/c1cccc2cccnc12)Nc1ccc(N2CCCCCC2)cc1. The molecule has 1 aliphatic heterocycles. The minimum Gasteiger partial charge on any atom is -0.452 e. The second-order valence-electron chi connectivity index (χ2n) is 7.86. The molecular weight excluding hydrogens is 402 g/mol. The van der Waals surface area contributed by atoms with E-state index in [1.165, 1.54) is 37.4 Å². The van der Waals surface area contributed by atoms with Crippen LogP contribution in [-0.4, -0.2) is 36.6 Å². The molecule has 6 nitrogen and oxygen atoms in total. The zero-order valence-corrected chi connectivity index (χ0v) is 18.0. The standard InChI is InChI=1S/C26H27N3O3/c30-24(28-22-11-13-23(14-12-22)29-17-3-1-2-4-18-29)19-32-25(31)15-10-21-8-5-7-20-9-6-16-27-26(20)21/h5-16H,1-4,17-19H2,(H,28,30)/b15-10+. The largest absolute Gasteiger partial charge is 0.452 e. The predicted molar refractivity (Wildman–Crippen MR) is 127 cm³/mol. The van der Waals surface area contributed by atoms with Gasteiger partial charge in [0.05, 0.1) is 5.52 Å². The number of hydrogen-bond donors (Lipinski definition) is 1. The molecule has 1 amide bonds. The smallest absolute Gasteiger partial charge is 0.331 e. The number of nitrogens with zero attached hydrogens (tertiary/aromatic N) is 2. The number of amides is 1. The van der Waals surface area contributed by atoms with Crippen LogP contribution in [0.25, 0.3) is 17.0 Å². The molecule has 0 aliphatic carbocycles. The lowest BCUT2D eigenvalue weighted by Crippen LogP contribution is -2.24. The first-order chi connectivity index (χ1) is 15.7. The van der Waals surface area contributed by atoms with Crippen LogP contribution in [-0.2, 0) is 14.3 Å². The Kier molecular flexibility index (Phi) is 7.12. The maximum atomic E-state index is 12.2. The molecule has 0 atom stereocenters. The average Bonchev–Trinajstić information content (AvgIpc) is 3.11. The van der Waals surface area contributed by atoms with Crippen molar-refractivity contribution in [2.75, 3.05) is 29.9 Å². The topological polar surface area (TPSA) is 71.5 Å². The Bertz CT molecular complexity index is 1100. The Morgan fingerprint density at radius 2 is 1.72 bits per heavy atom. The molecule has 6 heteroatoms. The molecule has 2 aromatic carbocycles. The lowest BCUT2D eigenvalue weighted by Gasteiger charge is -2.22. The van der Waals surface area contributed by atoms with Crippen LogP contribution in [0, 0.1) is 0 Å². The van der Waals surface area contributed by atoms with E-state index in [1.807, 2.05) is 54.6 Å². The summed E-state index contributed by atoms with van der Waals surface area (Å²) in [5.74, 6) is -0.953. The molecule has 1 saturated heterocycles. The summed E-state index contributed by atoms with van der Waals surface area (Å²) in [4.78, 5) is 30.9. The normalized spacial score (nSPS) is 14.3. The van der Waals surface area contributed by atoms with Gasteiger partial charge in [0.15, 0.2) is 6.61 Å². The number of aromatic nitrogens is 1. The molecule has 0 saturated carbocycles. The van der Waals surface area contributed by atoms with Crippen molar-refractivity contribution in [2.24, 2.45) is 0 Å². The second-order valence-corrected chi connectivity index (χ2v) is 7.86. The van der Waals surface area contributed by atoms with Gasteiger partial charge >= 0.3 is 5.97 Å². The molecule has 3 aromatic rings. The fourth-order valence-corrected chi connectivity index (χ4v) is 3.89. The summed E-state index contributed by atoms with van der Waals surface area (Å²) in [6.07, 6.45) is 9.69. The van der Waals surface area contributed by atoms with Crippen LogP contribution in [0.1, 0.15) is 31.2 Å². The summed E-state index contributed by atoms with van der Waals surface area (Å²) >= 11 is 0. The van der Waals surface area contributed by atoms with Crippen molar-refractivity contribution in [1.82, 2.24) is 4.98 Å². The number of carbonyl (C=O) groups is 2. The van der Waals surface area contributed by atoms with Crippen molar-refractivity contribution < 1.29 is 14.3 Å². The van der Waals surface area contributed by atoms with Crippen LogP contribution >= 0.6 is 0 Å². The molecule has 164 valence electrons. The molecule has 32 heavy (non-hydrogen) atoms. The molecule has 4 rings (SSSR count). The van der Waals surface area contributed by atoms with Crippen molar-refractivity contribution in [3.05, 3.63) is 72.4 Å².